The van der Waals surface area contributed by atoms with Crippen molar-refractivity contribution in [3.63, 3.8) is 0 Å². The molecule has 1 aliphatic rings. The summed E-state index contributed by atoms with van der Waals surface area (Å²) < 4.78 is 15.8. The molecular formula is C14H14N2O4S. The van der Waals surface area contributed by atoms with Crippen molar-refractivity contribution in [1.29, 1.82) is 0 Å². The van der Waals surface area contributed by atoms with Crippen molar-refractivity contribution >= 4 is 17.5 Å². The third kappa shape index (κ3) is 2.49. The van der Waals surface area contributed by atoms with Crippen LogP contribution in [0.15, 0.2) is 21.8 Å². The average molecular weight is 306 g/mol. The number of aromatic nitrogens is 2. The zero-order valence-corrected chi connectivity index (χ0v) is 12.7. The normalized spacial score (nSPS) is 16.9. The Labute approximate surface area is 125 Å². The number of rotatable bonds is 4. The van der Waals surface area contributed by atoms with Gasteiger partial charge >= 0.3 is 0 Å². The van der Waals surface area contributed by atoms with Gasteiger partial charge in [0.05, 0.1) is 19.5 Å². The Kier molecular flexibility index (Phi) is 3.59. The summed E-state index contributed by atoms with van der Waals surface area (Å²) >= 11 is 1.29. The molecule has 1 aromatic carbocycles. The van der Waals surface area contributed by atoms with E-state index in [1.54, 1.807) is 27.2 Å². The highest BCUT2D eigenvalue weighted by molar-refractivity contribution is 8.00. The molecule has 0 amide bonds. The highest BCUT2D eigenvalue weighted by Gasteiger charge is 2.34. The molecule has 1 aliphatic carbocycles. The summed E-state index contributed by atoms with van der Waals surface area (Å²) in [5, 5.41) is 7.85. The lowest BCUT2D eigenvalue weighted by molar-refractivity contribution is 0.0999. The van der Waals surface area contributed by atoms with Gasteiger partial charge in [-0.3, -0.25) is 4.79 Å². The molecule has 1 heterocycles. The maximum atomic E-state index is 12.5. The molecule has 6 nitrogen and oxygen atoms in total. The van der Waals surface area contributed by atoms with Crippen molar-refractivity contribution < 1.29 is 18.7 Å². The van der Waals surface area contributed by atoms with Crippen LogP contribution in [0.1, 0.15) is 21.8 Å². The van der Waals surface area contributed by atoms with Crippen LogP contribution in [-0.4, -0.2) is 35.5 Å². The summed E-state index contributed by atoms with van der Waals surface area (Å²) in [5.41, 5.74) is 1.62. The number of nitrogens with zero attached hydrogens (tertiary/aromatic N) is 2. The van der Waals surface area contributed by atoms with Crippen LogP contribution < -0.4 is 9.47 Å². The minimum Gasteiger partial charge on any atom is -0.493 e. The Morgan fingerprint density at radius 3 is 2.57 bits per heavy atom. The summed E-state index contributed by atoms with van der Waals surface area (Å²) in [4.78, 5) is 12.5. The number of fused-ring (bicyclic) bond motifs is 1. The molecule has 0 radical (unpaired) electrons. The molecule has 21 heavy (non-hydrogen) atoms. The van der Waals surface area contributed by atoms with Crippen LogP contribution in [-0.2, 0) is 6.42 Å². The Bertz CT molecular complexity index is 698. The first-order chi connectivity index (χ1) is 10.1. The van der Waals surface area contributed by atoms with Crippen LogP contribution in [0.3, 0.4) is 0 Å². The molecule has 0 saturated carbocycles. The van der Waals surface area contributed by atoms with Gasteiger partial charge in [-0.1, -0.05) is 11.8 Å². The Morgan fingerprint density at radius 2 is 1.95 bits per heavy atom. The molecule has 1 aromatic heterocycles. The second-order valence-electron chi connectivity index (χ2n) is 4.63. The zero-order chi connectivity index (χ0) is 15.0. The Morgan fingerprint density at radius 1 is 1.24 bits per heavy atom. The Hall–Kier alpha value is -2.02. The van der Waals surface area contributed by atoms with E-state index in [1.807, 2.05) is 6.07 Å². The predicted octanol–water partition coefficient (Wildman–Crippen LogP) is 2.29. The quantitative estimate of drug-likeness (QED) is 0.858. The minimum atomic E-state index is -0.253. The van der Waals surface area contributed by atoms with Crippen LogP contribution in [0.25, 0.3) is 0 Å². The van der Waals surface area contributed by atoms with E-state index < -0.39 is 0 Å². The topological polar surface area (TPSA) is 74.5 Å². The first-order valence-electron chi connectivity index (χ1n) is 6.38. The first kappa shape index (κ1) is 13.9. The van der Waals surface area contributed by atoms with Crippen LogP contribution in [0.5, 0.6) is 11.5 Å². The lowest BCUT2D eigenvalue weighted by Crippen LogP contribution is -2.11. The molecule has 0 saturated heterocycles. The molecule has 0 aliphatic heterocycles. The lowest BCUT2D eigenvalue weighted by atomic mass is 10.1. The number of aryl methyl sites for hydroxylation is 1. The van der Waals surface area contributed by atoms with Gasteiger partial charge in [0.1, 0.15) is 0 Å². The Balaban J connectivity index is 1.87. The third-order valence-corrected chi connectivity index (χ3v) is 4.36. The van der Waals surface area contributed by atoms with Gasteiger partial charge in [-0.2, -0.15) is 0 Å². The van der Waals surface area contributed by atoms with E-state index >= 15 is 0 Å². The van der Waals surface area contributed by atoms with Gasteiger partial charge in [-0.15, -0.1) is 10.2 Å². The maximum absolute atomic E-state index is 12.5. The standard InChI is InChI=1S/C14H14N2O4S/c1-7-15-16-14(20-7)21-12-5-8-4-10(18-2)11(19-3)6-9(8)13(12)17/h4,6,12H,5H2,1-3H3/t12-/m0/s1. The number of benzene rings is 1. The summed E-state index contributed by atoms with van der Waals surface area (Å²) in [6, 6.07) is 3.59. The second-order valence-corrected chi connectivity index (χ2v) is 5.78. The first-order valence-corrected chi connectivity index (χ1v) is 7.26. The minimum absolute atomic E-state index is 0.0480. The number of hydrogen-bond acceptors (Lipinski definition) is 7. The van der Waals surface area contributed by atoms with Gasteiger partial charge in [0.2, 0.25) is 5.89 Å². The monoisotopic (exact) mass is 306 g/mol. The fraction of sp³-hybridized carbons (Fsp3) is 0.357. The number of hydrogen-bond donors (Lipinski definition) is 0. The third-order valence-electron chi connectivity index (χ3n) is 3.32. The smallest absolute Gasteiger partial charge is 0.277 e. The van der Waals surface area contributed by atoms with E-state index in [9.17, 15) is 4.79 Å². The molecular weight excluding hydrogens is 292 g/mol. The SMILES string of the molecule is COc1cc2c(cc1OC)C(=O)[C@@H](Sc1nnc(C)o1)C2. The van der Waals surface area contributed by atoms with Crippen LogP contribution >= 0.6 is 11.8 Å². The summed E-state index contributed by atoms with van der Waals surface area (Å²) in [6.45, 7) is 1.72. The molecule has 0 N–H and O–H groups in total. The van der Waals surface area contributed by atoms with E-state index in [-0.39, 0.29) is 11.0 Å². The van der Waals surface area contributed by atoms with E-state index in [2.05, 4.69) is 10.2 Å². The fourth-order valence-corrected chi connectivity index (χ4v) is 3.33. The maximum Gasteiger partial charge on any atom is 0.277 e. The summed E-state index contributed by atoms with van der Waals surface area (Å²) in [6.07, 6.45) is 0.612. The molecule has 2 aromatic rings. The highest BCUT2D eigenvalue weighted by Crippen LogP contribution is 2.39. The number of Topliss-reactive ketones (excluding diaryl/α,β-unsaturated/α-hetero) is 1. The fourth-order valence-electron chi connectivity index (χ4n) is 2.33. The van der Waals surface area contributed by atoms with Gasteiger partial charge in [-0.25, -0.2) is 0 Å². The number of carbonyl (C=O) groups is 1. The molecule has 0 unspecified atom stereocenters. The van der Waals surface area contributed by atoms with Crippen molar-refractivity contribution in [3.05, 3.63) is 29.2 Å². The van der Waals surface area contributed by atoms with E-state index in [4.69, 9.17) is 13.9 Å². The molecule has 0 bridgehead atoms. The number of ketones is 1. The van der Waals surface area contributed by atoms with E-state index in [0.717, 1.165) is 5.56 Å². The van der Waals surface area contributed by atoms with Gasteiger partial charge < -0.3 is 13.9 Å². The molecule has 7 heteroatoms. The van der Waals surface area contributed by atoms with Crippen molar-refractivity contribution in [1.82, 2.24) is 10.2 Å². The van der Waals surface area contributed by atoms with Crippen LogP contribution in [0.4, 0.5) is 0 Å². The molecule has 3 rings (SSSR count). The largest absolute Gasteiger partial charge is 0.493 e. The van der Waals surface area contributed by atoms with Crippen LogP contribution in [0.2, 0.25) is 0 Å². The average Bonchev–Trinajstić information content (AvgIpc) is 3.02. The molecule has 0 fully saturated rings. The number of ether oxygens (including phenoxy) is 2. The second kappa shape index (κ2) is 5.40. The van der Waals surface area contributed by atoms with Crippen molar-refractivity contribution in [3.8, 4) is 11.5 Å². The van der Waals surface area contributed by atoms with E-state index in [1.165, 1.54) is 11.8 Å². The lowest BCUT2D eigenvalue weighted by Gasteiger charge is -2.09. The van der Waals surface area contributed by atoms with Crippen molar-refractivity contribution in [2.45, 2.75) is 23.8 Å². The van der Waals surface area contributed by atoms with Crippen molar-refractivity contribution in [2.75, 3.05) is 14.2 Å². The van der Waals surface area contributed by atoms with E-state index in [0.29, 0.717) is 34.6 Å². The highest BCUT2D eigenvalue weighted by atomic mass is 32.2. The van der Waals surface area contributed by atoms with Gasteiger partial charge in [0, 0.05) is 12.5 Å². The van der Waals surface area contributed by atoms with Gasteiger partial charge in [0.15, 0.2) is 17.3 Å². The van der Waals surface area contributed by atoms with Crippen LogP contribution in [0, 0.1) is 6.92 Å². The molecule has 0 spiro atoms. The van der Waals surface area contributed by atoms with Gasteiger partial charge in [0.25, 0.3) is 5.22 Å². The summed E-state index contributed by atoms with van der Waals surface area (Å²) in [5.74, 6) is 1.72. The number of methoxy groups -OCH3 is 2. The molecule has 110 valence electrons. The van der Waals surface area contributed by atoms with Gasteiger partial charge in [-0.05, 0) is 24.1 Å². The van der Waals surface area contributed by atoms with Crippen molar-refractivity contribution in [2.24, 2.45) is 0 Å². The number of carbonyl (C=O) groups excluding carboxylic acids is 1. The number of thioether (sulfide) groups is 1. The predicted molar refractivity (Wildman–Crippen MR) is 76.3 cm³/mol. The zero-order valence-electron chi connectivity index (χ0n) is 11.9. The molecule has 1 atom stereocenters. The summed E-state index contributed by atoms with van der Waals surface area (Å²) in [7, 11) is 3.13.